The molecule has 0 bridgehead atoms. The third kappa shape index (κ3) is 6.85. The quantitative estimate of drug-likeness (QED) is 0.255. The van der Waals surface area contributed by atoms with E-state index in [0.29, 0.717) is 17.4 Å². The molecule has 3 heterocycles. The highest BCUT2D eigenvalue weighted by Gasteiger charge is 2.52. The molecule has 4 aliphatic rings. The summed E-state index contributed by atoms with van der Waals surface area (Å²) in [6, 6.07) is 14.6. The Bertz CT molecular complexity index is 1710. The highest BCUT2D eigenvalue weighted by molar-refractivity contribution is 7.92. The normalized spacial score (nSPS) is 23.6. The summed E-state index contributed by atoms with van der Waals surface area (Å²) in [4.78, 5) is 22.6. The van der Waals surface area contributed by atoms with Crippen LogP contribution in [0, 0.1) is 23.6 Å². The Kier molecular flexibility index (Phi) is 9.76. The van der Waals surface area contributed by atoms with Crippen molar-refractivity contribution in [3.8, 4) is 0 Å². The van der Waals surface area contributed by atoms with E-state index in [1.165, 1.54) is 13.2 Å². The highest BCUT2D eigenvalue weighted by Crippen LogP contribution is 2.52. The molecular formula is C38H50FN5O4S. The number of ether oxygens (including phenoxy) is 1. The first-order chi connectivity index (χ1) is 23.7. The van der Waals surface area contributed by atoms with Crippen molar-refractivity contribution in [1.29, 1.82) is 0 Å². The zero-order valence-electron chi connectivity index (χ0n) is 28.8. The van der Waals surface area contributed by atoms with Crippen LogP contribution in [0.5, 0.6) is 0 Å². The van der Waals surface area contributed by atoms with Gasteiger partial charge in [0.1, 0.15) is 11.6 Å². The standard InChI is InChI=1S/C38H50FN5O4S/c1-3-36-40-18-21-43(36)26-38(29-6-4-7-30(39)22-29,34-8-5-9-35(34)41-37(45)48-2)28-16-19-42(20-17-28)23-27-24-44(25-27)31-10-12-32(13-11-31)49(46,47)33-14-15-33/h4,6-7,10-13,18,21-22,27-28,33-35H,3,5,8-9,14-17,19-20,23-26H2,1-2H3,(H,41,45)/t34-,35-,38-/m0/s1. The molecule has 2 aromatic carbocycles. The van der Waals surface area contributed by atoms with Crippen LogP contribution in [-0.2, 0) is 33.0 Å². The van der Waals surface area contributed by atoms with Gasteiger partial charge in [-0.1, -0.05) is 25.5 Å². The van der Waals surface area contributed by atoms with Crippen molar-refractivity contribution < 1.29 is 22.3 Å². The molecule has 2 aliphatic heterocycles. The van der Waals surface area contributed by atoms with Crippen molar-refractivity contribution in [2.24, 2.45) is 17.8 Å². The van der Waals surface area contributed by atoms with Gasteiger partial charge >= 0.3 is 6.09 Å². The smallest absolute Gasteiger partial charge is 0.407 e. The Labute approximate surface area is 290 Å². The Balaban J connectivity index is 1.07. The molecule has 1 amide bonds. The Morgan fingerprint density at radius 2 is 1.80 bits per heavy atom. The van der Waals surface area contributed by atoms with Crippen LogP contribution in [0.25, 0.3) is 0 Å². The minimum atomic E-state index is -3.17. The summed E-state index contributed by atoms with van der Waals surface area (Å²) in [7, 11) is -1.76. The van der Waals surface area contributed by atoms with E-state index < -0.39 is 21.3 Å². The number of aryl methyl sites for hydroxylation is 1. The van der Waals surface area contributed by atoms with Crippen LogP contribution in [0.4, 0.5) is 14.9 Å². The van der Waals surface area contributed by atoms with E-state index in [0.717, 1.165) is 101 Å². The average molecular weight is 692 g/mol. The van der Waals surface area contributed by atoms with Crippen LogP contribution in [0.3, 0.4) is 0 Å². The maximum absolute atomic E-state index is 15.1. The van der Waals surface area contributed by atoms with E-state index in [1.807, 2.05) is 24.4 Å². The number of piperidine rings is 1. The number of rotatable bonds is 12. The number of nitrogens with one attached hydrogen (secondary N) is 1. The fourth-order valence-electron chi connectivity index (χ4n) is 9.22. The number of aromatic nitrogens is 2. The number of sulfone groups is 1. The second kappa shape index (κ2) is 14.1. The van der Waals surface area contributed by atoms with Crippen molar-refractivity contribution in [2.75, 3.05) is 44.7 Å². The van der Waals surface area contributed by atoms with E-state index in [9.17, 15) is 13.2 Å². The van der Waals surface area contributed by atoms with E-state index in [4.69, 9.17) is 4.74 Å². The Morgan fingerprint density at radius 3 is 2.47 bits per heavy atom. The number of methoxy groups -OCH3 is 1. The minimum absolute atomic E-state index is 0.0637. The summed E-state index contributed by atoms with van der Waals surface area (Å²) in [6.07, 6.45) is 10.7. The maximum atomic E-state index is 15.1. The molecular weight excluding hydrogens is 642 g/mol. The molecule has 2 saturated heterocycles. The molecule has 3 aromatic rings. The third-order valence-corrected chi connectivity index (χ3v) is 14.1. The fourth-order valence-corrected chi connectivity index (χ4v) is 10.9. The largest absolute Gasteiger partial charge is 0.453 e. The highest BCUT2D eigenvalue weighted by atomic mass is 32.2. The monoisotopic (exact) mass is 691 g/mol. The van der Waals surface area contributed by atoms with Gasteiger partial charge in [-0.2, -0.15) is 0 Å². The molecule has 2 aliphatic carbocycles. The first kappa shape index (κ1) is 34.0. The molecule has 11 heteroatoms. The van der Waals surface area contributed by atoms with Crippen LogP contribution in [-0.4, -0.2) is 80.1 Å². The molecule has 3 atom stereocenters. The van der Waals surface area contributed by atoms with Crippen molar-refractivity contribution in [3.63, 3.8) is 0 Å². The van der Waals surface area contributed by atoms with Gasteiger partial charge in [-0.3, -0.25) is 0 Å². The number of carbonyl (C=O) groups is 1. The molecule has 0 radical (unpaired) electrons. The SMILES string of the molecule is CCc1nccn1C[C@@](c1cccc(F)c1)(C1CCN(CC2CN(c3ccc(S(=O)(=O)C4CC4)cc3)C2)CC1)[C@H]1CCC[C@@H]1NC(=O)OC. The van der Waals surface area contributed by atoms with E-state index in [2.05, 4.69) is 43.9 Å². The number of nitrogens with zero attached hydrogens (tertiary/aromatic N) is 4. The van der Waals surface area contributed by atoms with Gasteiger partial charge in [0.25, 0.3) is 0 Å². The van der Waals surface area contributed by atoms with Crippen LogP contribution in [0.15, 0.2) is 65.8 Å². The predicted octanol–water partition coefficient (Wildman–Crippen LogP) is 5.83. The molecule has 1 N–H and O–H groups in total. The summed E-state index contributed by atoms with van der Waals surface area (Å²) in [5, 5.41) is 2.99. The number of hydrogen-bond acceptors (Lipinski definition) is 7. The molecule has 1 aromatic heterocycles. The lowest BCUT2D eigenvalue weighted by atomic mass is 9.58. The van der Waals surface area contributed by atoms with Gasteiger partial charge in [0.05, 0.1) is 17.3 Å². The van der Waals surface area contributed by atoms with Gasteiger partial charge in [-0.25, -0.2) is 22.6 Å². The van der Waals surface area contributed by atoms with Crippen molar-refractivity contribution in [2.45, 2.75) is 86.4 Å². The molecule has 264 valence electrons. The molecule has 0 spiro atoms. The molecule has 4 fully saturated rings. The first-order valence-electron chi connectivity index (χ1n) is 18.1. The van der Waals surface area contributed by atoms with Gasteiger partial charge in [-0.05, 0) is 105 Å². The topological polar surface area (TPSA) is 96.8 Å². The summed E-state index contributed by atoms with van der Waals surface area (Å²) >= 11 is 0. The molecule has 2 saturated carbocycles. The van der Waals surface area contributed by atoms with Crippen LogP contribution >= 0.6 is 0 Å². The van der Waals surface area contributed by atoms with Crippen LogP contribution < -0.4 is 10.2 Å². The van der Waals surface area contributed by atoms with Gasteiger partial charge < -0.3 is 24.4 Å². The van der Waals surface area contributed by atoms with Gasteiger partial charge in [0.15, 0.2) is 9.84 Å². The maximum Gasteiger partial charge on any atom is 0.407 e. The number of anilines is 1. The van der Waals surface area contributed by atoms with E-state index in [1.54, 1.807) is 18.2 Å². The average Bonchev–Trinajstić information content (AvgIpc) is 3.72. The second-order valence-electron chi connectivity index (χ2n) is 14.7. The zero-order chi connectivity index (χ0) is 34.2. The number of halogens is 1. The lowest BCUT2D eigenvalue weighted by Crippen LogP contribution is -2.56. The summed E-state index contributed by atoms with van der Waals surface area (Å²) < 4.78 is 47.6. The van der Waals surface area contributed by atoms with E-state index in [-0.39, 0.29) is 28.9 Å². The van der Waals surface area contributed by atoms with Crippen LogP contribution in [0.1, 0.15) is 63.3 Å². The number of likely N-dealkylation sites (tertiary alicyclic amines) is 1. The molecule has 7 rings (SSSR count). The van der Waals surface area contributed by atoms with Gasteiger partial charge in [-0.15, -0.1) is 0 Å². The Morgan fingerprint density at radius 1 is 1.04 bits per heavy atom. The third-order valence-electron chi connectivity index (χ3n) is 11.9. The van der Waals surface area contributed by atoms with E-state index >= 15 is 4.39 Å². The predicted molar refractivity (Wildman–Crippen MR) is 188 cm³/mol. The summed E-state index contributed by atoms with van der Waals surface area (Å²) in [5.41, 5.74) is 1.69. The number of benzene rings is 2. The summed E-state index contributed by atoms with van der Waals surface area (Å²) in [6.45, 7) is 7.70. The summed E-state index contributed by atoms with van der Waals surface area (Å²) in [5.74, 6) is 1.74. The Hall–Kier alpha value is -3.44. The van der Waals surface area contributed by atoms with Gasteiger partial charge in [0.2, 0.25) is 0 Å². The van der Waals surface area contributed by atoms with Crippen molar-refractivity contribution >= 4 is 21.6 Å². The van der Waals surface area contributed by atoms with Gasteiger partial charge in [0, 0.05) is 68.1 Å². The zero-order valence-corrected chi connectivity index (χ0v) is 29.6. The number of hydrogen-bond donors (Lipinski definition) is 1. The minimum Gasteiger partial charge on any atom is -0.453 e. The van der Waals surface area contributed by atoms with Crippen molar-refractivity contribution in [1.82, 2.24) is 19.8 Å². The van der Waals surface area contributed by atoms with Crippen molar-refractivity contribution in [3.05, 3.63) is 78.1 Å². The fraction of sp³-hybridized carbons (Fsp3) is 0.579. The number of carbonyl (C=O) groups excluding carboxylic acids is 1. The second-order valence-corrected chi connectivity index (χ2v) is 17.0. The molecule has 9 nitrogen and oxygen atoms in total. The lowest BCUT2D eigenvalue weighted by molar-refractivity contribution is 0.0541. The number of imidazole rings is 1. The molecule has 49 heavy (non-hydrogen) atoms. The van der Waals surface area contributed by atoms with Crippen LogP contribution in [0.2, 0.25) is 0 Å². The molecule has 0 unspecified atom stereocenters. The number of amides is 1. The lowest BCUT2D eigenvalue weighted by Gasteiger charge is -2.51. The number of alkyl carbamates (subject to hydrolysis) is 1. The first-order valence-corrected chi connectivity index (χ1v) is 19.7.